The summed E-state index contributed by atoms with van der Waals surface area (Å²) in [4.78, 5) is 14.3. The molecule has 0 bridgehead atoms. The molecule has 1 saturated carbocycles. The van der Waals surface area contributed by atoms with E-state index in [0.717, 1.165) is 12.1 Å². The molecule has 1 aliphatic carbocycles. The number of nitrogens with two attached hydrogens (primary N) is 2. The van der Waals surface area contributed by atoms with Crippen LogP contribution in [-0.4, -0.2) is 56.1 Å². The SMILES string of the molecule is N#Cc1c(N)sc2c(F)ccc(-c3c(C(F)(F)F)c(O)c4c(N[C@H](CC5CC(F)(F)C5)c5cccnc5N)nc(OC[C@@]56CCCN5CC(=C(F)F)C6)nc4c3F)c12. The Bertz CT molecular complexity index is 2560. The molecule has 20 heteroatoms. The lowest BCUT2D eigenvalue weighted by Gasteiger charge is -2.37. The van der Waals surface area contributed by atoms with Gasteiger partial charge in [-0.1, -0.05) is 12.1 Å². The fourth-order valence-electron chi connectivity index (χ4n) is 8.60. The molecule has 5 heterocycles. The highest BCUT2D eigenvalue weighted by atomic mass is 32.1. The van der Waals surface area contributed by atoms with E-state index in [9.17, 15) is 27.9 Å². The van der Waals surface area contributed by atoms with E-state index in [-0.39, 0.29) is 52.6 Å². The van der Waals surface area contributed by atoms with E-state index in [1.54, 1.807) is 11.0 Å². The number of aromatic hydroxyl groups is 1. The van der Waals surface area contributed by atoms with E-state index in [1.165, 1.54) is 18.3 Å². The van der Waals surface area contributed by atoms with Gasteiger partial charge in [-0.15, -0.1) is 11.3 Å². The van der Waals surface area contributed by atoms with E-state index >= 15 is 22.0 Å². The van der Waals surface area contributed by atoms with E-state index in [4.69, 9.17) is 16.2 Å². The molecule has 0 amide bonds. The van der Waals surface area contributed by atoms with Gasteiger partial charge in [0, 0.05) is 47.7 Å². The van der Waals surface area contributed by atoms with Crippen molar-refractivity contribution in [3.8, 4) is 29.0 Å². The number of pyridine rings is 1. The molecule has 6 N–H and O–H groups in total. The summed E-state index contributed by atoms with van der Waals surface area (Å²) in [6.07, 6.45) is -6.09. The van der Waals surface area contributed by atoms with Crippen LogP contribution in [0.4, 0.5) is 56.2 Å². The Balaban J connectivity index is 1.35. The summed E-state index contributed by atoms with van der Waals surface area (Å²) < 4.78 is 139. The number of alkyl halides is 5. The highest BCUT2D eigenvalue weighted by molar-refractivity contribution is 7.23. The van der Waals surface area contributed by atoms with Gasteiger partial charge >= 0.3 is 12.2 Å². The Morgan fingerprint density at radius 2 is 1.90 bits per heavy atom. The van der Waals surface area contributed by atoms with Gasteiger partial charge in [0.25, 0.3) is 6.08 Å². The first-order valence-electron chi connectivity index (χ1n) is 17.9. The minimum atomic E-state index is -5.51. The van der Waals surface area contributed by atoms with Crippen LogP contribution in [0.1, 0.15) is 61.3 Å². The van der Waals surface area contributed by atoms with E-state index in [0.29, 0.717) is 30.7 Å². The molecule has 0 unspecified atom stereocenters. The molecule has 2 saturated heterocycles. The van der Waals surface area contributed by atoms with Gasteiger partial charge in [-0.3, -0.25) is 4.90 Å². The average Bonchev–Trinajstić information content (AvgIpc) is 3.81. The number of anilines is 3. The van der Waals surface area contributed by atoms with Gasteiger partial charge in [-0.2, -0.15) is 37.2 Å². The fourth-order valence-corrected chi connectivity index (χ4v) is 9.55. The Morgan fingerprint density at radius 1 is 1.14 bits per heavy atom. The number of nitrogens with zero attached hydrogens (tertiary/aromatic N) is 5. The number of hydrogen-bond acceptors (Lipinski definition) is 11. The summed E-state index contributed by atoms with van der Waals surface area (Å²) in [6.45, 7) is 0.141. The standard InChI is InChI=1S/C38H31F9N8O2S/c39-21-5-4-19(23-20(13-48)33(50)58-30(21)23)24-26(38(45,46)47)29(56)25-28(27(24)40)53-35(57-15-36-6-2-8-55(36)14-17(12-36)31(41)42)54-34(25)52-22(9-16-10-37(43,44)11-16)18-3-1-7-51-32(18)49/h1,3-5,7,16,22,56H,2,6,8-12,14-15,50H2,(H2,49,51)(H,52,53,54)/t22-,36+/m1/s1. The van der Waals surface area contributed by atoms with Crippen molar-refractivity contribution >= 4 is 49.0 Å². The van der Waals surface area contributed by atoms with Crippen molar-refractivity contribution in [3.05, 3.63) is 70.4 Å². The minimum absolute atomic E-state index is 0.0263. The van der Waals surface area contributed by atoms with Crippen LogP contribution in [0.15, 0.2) is 42.1 Å². The lowest BCUT2D eigenvalue weighted by molar-refractivity contribution is -0.138. The molecular formula is C38H31F9N8O2S. The number of rotatable bonds is 9. The normalized spacial score (nSPS) is 20.0. The average molecular weight is 835 g/mol. The summed E-state index contributed by atoms with van der Waals surface area (Å²) in [5.74, 6) is -8.44. The third-order valence-electron chi connectivity index (χ3n) is 11.2. The molecule has 58 heavy (non-hydrogen) atoms. The number of halogens is 9. The first-order valence-corrected chi connectivity index (χ1v) is 18.7. The summed E-state index contributed by atoms with van der Waals surface area (Å²) in [6, 6.07) is 4.57. The molecule has 8 rings (SSSR count). The quantitative estimate of drug-likeness (QED) is 0.105. The third kappa shape index (κ3) is 6.63. The molecule has 3 aromatic heterocycles. The Hall–Kier alpha value is -5.55. The molecule has 2 aliphatic heterocycles. The first-order chi connectivity index (χ1) is 27.4. The van der Waals surface area contributed by atoms with Crippen LogP contribution in [-0.2, 0) is 6.18 Å². The van der Waals surface area contributed by atoms with Gasteiger partial charge in [0.15, 0.2) is 5.82 Å². The second-order valence-electron chi connectivity index (χ2n) is 14.9. The zero-order chi connectivity index (χ0) is 41.5. The molecule has 10 nitrogen and oxygen atoms in total. The van der Waals surface area contributed by atoms with Crippen LogP contribution < -0.4 is 21.5 Å². The lowest BCUT2D eigenvalue weighted by atomic mass is 9.76. The largest absolute Gasteiger partial charge is 0.506 e. The highest BCUT2D eigenvalue weighted by Crippen LogP contribution is 2.53. The van der Waals surface area contributed by atoms with Crippen molar-refractivity contribution in [2.24, 2.45) is 5.92 Å². The van der Waals surface area contributed by atoms with Crippen molar-refractivity contribution in [1.82, 2.24) is 19.9 Å². The van der Waals surface area contributed by atoms with Crippen molar-refractivity contribution < 1.29 is 49.4 Å². The number of ether oxygens (including phenoxy) is 1. The smallest absolute Gasteiger partial charge is 0.420 e. The second-order valence-corrected chi connectivity index (χ2v) is 15.9. The fraction of sp³-hybridized carbons (Fsp3) is 0.368. The van der Waals surface area contributed by atoms with Crippen molar-refractivity contribution in [3.63, 3.8) is 0 Å². The van der Waals surface area contributed by atoms with Gasteiger partial charge in [0.1, 0.15) is 52.0 Å². The Labute approximate surface area is 326 Å². The Morgan fingerprint density at radius 3 is 2.57 bits per heavy atom. The van der Waals surface area contributed by atoms with E-state index < -0.39 is 116 Å². The Kier molecular flexibility index (Phi) is 9.53. The first kappa shape index (κ1) is 39.3. The third-order valence-corrected chi connectivity index (χ3v) is 12.3. The summed E-state index contributed by atoms with van der Waals surface area (Å²) in [7, 11) is 0. The monoisotopic (exact) mass is 834 g/mol. The van der Waals surface area contributed by atoms with Gasteiger partial charge in [0.2, 0.25) is 5.92 Å². The van der Waals surface area contributed by atoms with Crippen molar-refractivity contribution in [2.75, 3.05) is 36.5 Å². The molecule has 304 valence electrons. The number of nitrogens with one attached hydrogen (secondary N) is 1. The van der Waals surface area contributed by atoms with Crippen LogP contribution in [0.3, 0.4) is 0 Å². The number of hydrogen-bond donors (Lipinski definition) is 4. The molecule has 0 radical (unpaired) electrons. The van der Waals surface area contributed by atoms with Crippen LogP contribution in [0, 0.1) is 28.9 Å². The highest BCUT2D eigenvalue weighted by Gasteiger charge is 2.49. The van der Waals surface area contributed by atoms with E-state index in [2.05, 4.69) is 20.3 Å². The number of nitrogen functional groups attached to an aromatic ring is 2. The number of fused-ring (bicyclic) bond motifs is 3. The lowest BCUT2D eigenvalue weighted by Crippen LogP contribution is -2.43. The molecule has 2 atom stereocenters. The number of phenolic OH excluding ortho intramolecular Hbond substituents is 1. The molecule has 2 aromatic carbocycles. The zero-order valence-electron chi connectivity index (χ0n) is 30.0. The van der Waals surface area contributed by atoms with E-state index in [1.807, 2.05) is 0 Å². The molecule has 0 spiro atoms. The van der Waals surface area contributed by atoms with Crippen LogP contribution >= 0.6 is 11.3 Å². The van der Waals surface area contributed by atoms with Crippen LogP contribution in [0.5, 0.6) is 11.8 Å². The summed E-state index contributed by atoms with van der Waals surface area (Å²) in [5.41, 5.74) is 6.11. The topological polar surface area (TPSA) is 159 Å². The number of nitriles is 1. The number of aromatic nitrogens is 3. The van der Waals surface area contributed by atoms with Gasteiger partial charge in [-0.25, -0.2) is 22.5 Å². The van der Waals surface area contributed by atoms with Gasteiger partial charge in [-0.05, 0) is 55.8 Å². The van der Waals surface area contributed by atoms with Crippen LogP contribution in [0.25, 0.3) is 32.1 Å². The number of benzene rings is 2. The maximum absolute atomic E-state index is 17.3. The summed E-state index contributed by atoms with van der Waals surface area (Å²) in [5, 5.41) is 22.9. The van der Waals surface area contributed by atoms with Gasteiger partial charge < -0.3 is 26.6 Å². The minimum Gasteiger partial charge on any atom is -0.506 e. The molecular weight excluding hydrogens is 804 g/mol. The second kappa shape index (κ2) is 14.1. The maximum atomic E-state index is 17.3. The molecule has 3 fully saturated rings. The predicted molar refractivity (Wildman–Crippen MR) is 196 cm³/mol. The zero-order valence-corrected chi connectivity index (χ0v) is 30.8. The van der Waals surface area contributed by atoms with Gasteiger partial charge in [0.05, 0.1) is 27.2 Å². The number of phenols is 1. The van der Waals surface area contributed by atoms with Crippen LogP contribution in [0.2, 0.25) is 0 Å². The predicted octanol–water partition coefficient (Wildman–Crippen LogP) is 9.30. The molecule has 3 aliphatic rings. The number of thiophene rings is 1. The summed E-state index contributed by atoms with van der Waals surface area (Å²) >= 11 is 0.557. The molecule has 5 aromatic rings. The van der Waals surface area contributed by atoms with Crippen molar-refractivity contribution in [1.29, 1.82) is 5.26 Å². The van der Waals surface area contributed by atoms with Crippen molar-refractivity contribution in [2.45, 2.75) is 62.2 Å². The maximum Gasteiger partial charge on any atom is 0.420 e.